The normalized spacial score (nSPS) is 18.4. The van der Waals surface area contributed by atoms with Gasteiger partial charge in [-0.1, -0.05) is 46.9 Å². The lowest BCUT2D eigenvalue weighted by Gasteiger charge is -2.30. The summed E-state index contributed by atoms with van der Waals surface area (Å²) in [5.41, 5.74) is 3.03. The molecule has 3 amide bonds. The van der Waals surface area contributed by atoms with E-state index in [2.05, 4.69) is 10.3 Å². The molecular formula is C34H31N3O8S2. The van der Waals surface area contributed by atoms with Gasteiger partial charge in [0.05, 0.1) is 35.4 Å². The third kappa shape index (κ3) is 6.41. The number of H-pyrrole nitrogens is 1. The molecule has 4 aromatic rings. The number of hydrogen-bond acceptors (Lipinski definition) is 10. The first-order valence-corrected chi connectivity index (χ1v) is 16.7. The zero-order valence-electron chi connectivity index (χ0n) is 25.7. The SMILES string of the molecule is CCOC(=O)c1ccc(NC(=O)COc2ccc(C3c4sc(=O)[nH]c4SC4C(=O)N(c5ccc(C)cc5)C(=O)C43)cc2OCC)cc1. The number of nitrogens with one attached hydrogen (secondary N) is 2. The fraction of sp³-hybridized carbons (Fsp3) is 0.265. The molecule has 0 aliphatic carbocycles. The molecule has 1 fully saturated rings. The van der Waals surface area contributed by atoms with Crippen LogP contribution < -0.4 is 24.6 Å². The molecule has 11 nitrogen and oxygen atoms in total. The van der Waals surface area contributed by atoms with Crippen molar-refractivity contribution in [2.24, 2.45) is 5.92 Å². The summed E-state index contributed by atoms with van der Waals surface area (Å²) in [5, 5.41) is 2.57. The van der Waals surface area contributed by atoms with E-state index in [0.717, 1.165) is 16.9 Å². The predicted octanol–water partition coefficient (Wildman–Crippen LogP) is 5.13. The summed E-state index contributed by atoms with van der Waals surface area (Å²) in [5.74, 6) is -2.24. The predicted molar refractivity (Wildman–Crippen MR) is 178 cm³/mol. The number of carbonyl (C=O) groups excluding carboxylic acids is 4. The van der Waals surface area contributed by atoms with Crippen LogP contribution in [0.1, 0.15) is 46.1 Å². The van der Waals surface area contributed by atoms with Crippen molar-refractivity contribution in [2.45, 2.75) is 37.0 Å². The average Bonchev–Trinajstić information content (AvgIpc) is 3.55. The highest BCUT2D eigenvalue weighted by molar-refractivity contribution is 8.00. The van der Waals surface area contributed by atoms with Crippen molar-refractivity contribution >= 4 is 58.2 Å². The molecule has 242 valence electrons. The van der Waals surface area contributed by atoms with E-state index >= 15 is 0 Å². The first kappa shape index (κ1) is 32.1. The fourth-order valence-corrected chi connectivity index (χ4v) is 8.19. The van der Waals surface area contributed by atoms with Crippen LogP contribution in [0.25, 0.3) is 0 Å². The summed E-state index contributed by atoms with van der Waals surface area (Å²) in [7, 11) is 0. The van der Waals surface area contributed by atoms with Gasteiger partial charge in [0.25, 0.3) is 5.91 Å². The summed E-state index contributed by atoms with van der Waals surface area (Å²) < 4.78 is 16.7. The Morgan fingerprint density at radius 3 is 2.34 bits per heavy atom. The van der Waals surface area contributed by atoms with E-state index in [1.807, 2.05) is 26.0 Å². The maximum Gasteiger partial charge on any atom is 0.338 e. The molecule has 3 aromatic carbocycles. The van der Waals surface area contributed by atoms with E-state index in [1.165, 1.54) is 16.7 Å². The summed E-state index contributed by atoms with van der Waals surface area (Å²) in [6.45, 7) is 5.70. The first-order valence-electron chi connectivity index (χ1n) is 15.0. The summed E-state index contributed by atoms with van der Waals surface area (Å²) >= 11 is 2.24. The standard InChI is InChI=1S/C34H31N3O8S2/c1-4-43-24-16-20(10-15-23(24)45-17-25(38)35-21-11-8-19(9-12-21)33(41)44-5-2)26-27-29(46-30-28(26)47-34(42)36-30)32(40)37(31(27)39)22-13-6-18(3)7-14-22/h6-16,26-27,29H,4-5,17H2,1-3H3,(H,35,38)(H,36,42). The van der Waals surface area contributed by atoms with Gasteiger partial charge in [-0.05, 0) is 74.9 Å². The number of benzene rings is 3. The van der Waals surface area contributed by atoms with Crippen LogP contribution in [0.3, 0.4) is 0 Å². The molecule has 2 N–H and O–H groups in total. The van der Waals surface area contributed by atoms with Crippen LogP contribution in [-0.4, -0.2) is 53.7 Å². The minimum absolute atomic E-state index is 0.263. The molecular weight excluding hydrogens is 643 g/mol. The number of amides is 3. The number of fused-ring (bicyclic) bond motifs is 2. The topological polar surface area (TPSA) is 144 Å². The number of nitrogens with zero attached hydrogens (tertiary/aromatic N) is 1. The molecule has 0 radical (unpaired) electrons. The number of hydrogen-bond donors (Lipinski definition) is 2. The van der Waals surface area contributed by atoms with Gasteiger partial charge < -0.3 is 24.5 Å². The highest BCUT2D eigenvalue weighted by Gasteiger charge is 2.56. The van der Waals surface area contributed by atoms with Crippen LogP contribution in [0.5, 0.6) is 11.5 Å². The van der Waals surface area contributed by atoms with Crippen LogP contribution in [-0.2, 0) is 19.1 Å². The van der Waals surface area contributed by atoms with E-state index in [4.69, 9.17) is 14.2 Å². The van der Waals surface area contributed by atoms with Gasteiger partial charge in [-0.25, -0.2) is 9.69 Å². The monoisotopic (exact) mass is 673 g/mol. The molecule has 2 aliphatic heterocycles. The summed E-state index contributed by atoms with van der Waals surface area (Å²) in [6, 6.07) is 18.7. The third-order valence-corrected chi connectivity index (χ3v) is 10.2. The number of aryl methyl sites for hydroxylation is 1. The van der Waals surface area contributed by atoms with Crippen LogP contribution in [0.4, 0.5) is 11.4 Å². The zero-order valence-corrected chi connectivity index (χ0v) is 27.4. The van der Waals surface area contributed by atoms with Gasteiger partial charge in [-0.3, -0.25) is 19.2 Å². The van der Waals surface area contributed by atoms with Gasteiger partial charge in [0, 0.05) is 16.5 Å². The van der Waals surface area contributed by atoms with Crippen molar-refractivity contribution in [3.8, 4) is 11.5 Å². The Morgan fingerprint density at radius 1 is 0.894 bits per heavy atom. The number of thioether (sulfide) groups is 1. The quantitative estimate of drug-likeness (QED) is 0.173. The van der Waals surface area contributed by atoms with Gasteiger partial charge in [0.2, 0.25) is 11.8 Å². The van der Waals surface area contributed by atoms with Crippen LogP contribution >= 0.6 is 23.1 Å². The first-order chi connectivity index (χ1) is 22.7. The van der Waals surface area contributed by atoms with Gasteiger partial charge in [-0.2, -0.15) is 0 Å². The van der Waals surface area contributed by atoms with Crippen molar-refractivity contribution in [2.75, 3.05) is 30.0 Å². The third-order valence-electron chi connectivity index (χ3n) is 7.78. The number of ether oxygens (including phenoxy) is 3. The maximum atomic E-state index is 14.0. The second kappa shape index (κ2) is 13.5. The van der Waals surface area contributed by atoms with Crippen molar-refractivity contribution in [1.82, 2.24) is 4.98 Å². The number of esters is 1. The lowest BCUT2D eigenvalue weighted by Crippen LogP contribution is -2.32. The van der Waals surface area contributed by atoms with Gasteiger partial charge in [0.1, 0.15) is 5.25 Å². The smallest absolute Gasteiger partial charge is 0.338 e. The lowest BCUT2D eigenvalue weighted by molar-refractivity contribution is -0.122. The number of anilines is 2. The summed E-state index contributed by atoms with van der Waals surface area (Å²) in [4.78, 5) is 69.3. The molecule has 1 saturated heterocycles. The van der Waals surface area contributed by atoms with Crippen LogP contribution in [0.2, 0.25) is 0 Å². The number of aromatic amines is 1. The van der Waals surface area contributed by atoms with E-state index in [0.29, 0.717) is 50.5 Å². The van der Waals surface area contributed by atoms with E-state index in [9.17, 15) is 24.0 Å². The number of aromatic nitrogens is 1. The molecule has 0 saturated carbocycles. The van der Waals surface area contributed by atoms with Crippen molar-refractivity contribution < 1.29 is 33.4 Å². The molecule has 47 heavy (non-hydrogen) atoms. The highest BCUT2D eigenvalue weighted by Crippen LogP contribution is 2.53. The second-order valence-electron chi connectivity index (χ2n) is 10.9. The van der Waals surface area contributed by atoms with Crippen LogP contribution in [0.15, 0.2) is 76.6 Å². The fourth-order valence-electron chi connectivity index (χ4n) is 5.67. The van der Waals surface area contributed by atoms with Gasteiger partial charge in [0.15, 0.2) is 18.1 Å². The molecule has 0 spiro atoms. The second-order valence-corrected chi connectivity index (χ2v) is 13.0. The molecule has 3 heterocycles. The van der Waals surface area contributed by atoms with Crippen LogP contribution in [0, 0.1) is 12.8 Å². The van der Waals surface area contributed by atoms with Gasteiger partial charge in [-0.15, -0.1) is 0 Å². The van der Waals surface area contributed by atoms with E-state index < -0.39 is 29.0 Å². The molecule has 3 unspecified atom stereocenters. The Bertz CT molecular complexity index is 1900. The Kier molecular flexibility index (Phi) is 9.19. The zero-order chi connectivity index (χ0) is 33.2. The maximum absolute atomic E-state index is 14.0. The highest BCUT2D eigenvalue weighted by atomic mass is 32.2. The number of carbonyl (C=O) groups is 4. The van der Waals surface area contributed by atoms with Crippen molar-refractivity contribution in [3.05, 3.63) is 98.0 Å². The molecule has 0 bridgehead atoms. The van der Waals surface area contributed by atoms with Gasteiger partial charge >= 0.3 is 10.8 Å². The Labute approximate surface area is 278 Å². The molecule has 13 heteroatoms. The lowest BCUT2D eigenvalue weighted by atomic mass is 9.83. The number of rotatable bonds is 10. The number of imide groups is 1. The Morgan fingerprint density at radius 2 is 1.64 bits per heavy atom. The molecule has 6 rings (SSSR count). The average molecular weight is 674 g/mol. The van der Waals surface area contributed by atoms with E-state index in [1.54, 1.807) is 61.5 Å². The molecule has 2 aliphatic rings. The molecule has 3 atom stereocenters. The van der Waals surface area contributed by atoms with E-state index in [-0.39, 0.29) is 29.9 Å². The van der Waals surface area contributed by atoms with Crippen molar-refractivity contribution in [1.29, 1.82) is 0 Å². The minimum atomic E-state index is -0.755. The number of thiazole rings is 1. The molecule has 1 aromatic heterocycles. The largest absolute Gasteiger partial charge is 0.490 e. The van der Waals surface area contributed by atoms with Crippen molar-refractivity contribution in [3.63, 3.8) is 0 Å². The minimum Gasteiger partial charge on any atom is -0.490 e. The Balaban J connectivity index is 1.24. The Hall–Kier alpha value is -4.88. The summed E-state index contributed by atoms with van der Waals surface area (Å²) in [6.07, 6.45) is 0.